The molecule has 26 heavy (non-hydrogen) atoms. The van der Waals surface area contributed by atoms with Gasteiger partial charge in [-0.25, -0.2) is 0 Å². The molecule has 0 unspecified atom stereocenters. The van der Waals surface area contributed by atoms with Crippen LogP contribution < -0.4 is 4.74 Å². The van der Waals surface area contributed by atoms with Crippen LogP contribution in [0.2, 0.25) is 0 Å². The zero-order chi connectivity index (χ0) is 18.2. The molecule has 3 aromatic rings. The van der Waals surface area contributed by atoms with Crippen molar-refractivity contribution in [3.05, 3.63) is 77.6 Å². The van der Waals surface area contributed by atoms with E-state index in [2.05, 4.69) is 31.2 Å². The second-order valence-electron chi connectivity index (χ2n) is 6.50. The standard InChI is InChI=1S/C23H24O3/c1-18-7-5-9-19(15-18)8-3-2-4-13-25-23-12-11-20(17-24)16-21(23)22-10-6-14-26-22/h5-7,9-12,14-17H,2-4,8,13H2,1H3. The molecule has 0 aliphatic heterocycles. The summed E-state index contributed by atoms with van der Waals surface area (Å²) in [6, 6.07) is 17.8. The van der Waals surface area contributed by atoms with Gasteiger partial charge in [0, 0.05) is 5.56 Å². The van der Waals surface area contributed by atoms with E-state index in [1.165, 1.54) is 11.1 Å². The van der Waals surface area contributed by atoms with Gasteiger partial charge in [0.05, 0.1) is 18.4 Å². The first-order valence-electron chi connectivity index (χ1n) is 9.08. The van der Waals surface area contributed by atoms with E-state index < -0.39 is 0 Å². The van der Waals surface area contributed by atoms with Crippen molar-refractivity contribution in [3.8, 4) is 17.1 Å². The van der Waals surface area contributed by atoms with E-state index in [-0.39, 0.29) is 0 Å². The maximum Gasteiger partial charge on any atom is 0.150 e. The minimum absolute atomic E-state index is 0.613. The van der Waals surface area contributed by atoms with Gasteiger partial charge in [-0.15, -0.1) is 0 Å². The molecule has 3 rings (SSSR count). The van der Waals surface area contributed by atoms with Crippen molar-refractivity contribution in [1.82, 2.24) is 0 Å². The second-order valence-corrected chi connectivity index (χ2v) is 6.50. The highest BCUT2D eigenvalue weighted by Gasteiger charge is 2.10. The molecule has 0 spiro atoms. The predicted molar refractivity (Wildman–Crippen MR) is 104 cm³/mol. The third kappa shape index (κ3) is 4.85. The van der Waals surface area contributed by atoms with Crippen molar-refractivity contribution in [3.63, 3.8) is 0 Å². The van der Waals surface area contributed by atoms with Crippen molar-refractivity contribution >= 4 is 6.29 Å². The molecule has 0 saturated carbocycles. The third-order valence-corrected chi connectivity index (χ3v) is 4.38. The number of rotatable bonds is 9. The molecule has 0 bridgehead atoms. The molecule has 134 valence electrons. The lowest BCUT2D eigenvalue weighted by molar-refractivity contribution is 0.112. The molecule has 0 atom stereocenters. The number of furan rings is 1. The number of aryl methyl sites for hydroxylation is 2. The summed E-state index contributed by atoms with van der Waals surface area (Å²) in [5.74, 6) is 1.47. The number of unbranched alkanes of at least 4 members (excludes halogenated alkanes) is 2. The highest BCUT2D eigenvalue weighted by Crippen LogP contribution is 2.31. The largest absolute Gasteiger partial charge is 0.493 e. The molecule has 3 heteroatoms. The fourth-order valence-corrected chi connectivity index (χ4v) is 3.03. The molecule has 0 saturated heterocycles. The van der Waals surface area contributed by atoms with Crippen LogP contribution in [-0.4, -0.2) is 12.9 Å². The summed E-state index contributed by atoms with van der Waals surface area (Å²) in [5, 5.41) is 0. The highest BCUT2D eigenvalue weighted by atomic mass is 16.5. The lowest BCUT2D eigenvalue weighted by Gasteiger charge is -2.11. The van der Waals surface area contributed by atoms with E-state index >= 15 is 0 Å². The summed E-state index contributed by atoms with van der Waals surface area (Å²) in [6.45, 7) is 2.78. The Hall–Kier alpha value is -2.81. The van der Waals surface area contributed by atoms with Gasteiger partial charge in [0.2, 0.25) is 0 Å². The molecule has 1 aromatic heterocycles. The first kappa shape index (κ1) is 18.0. The van der Waals surface area contributed by atoms with Crippen molar-refractivity contribution in [2.45, 2.75) is 32.6 Å². The minimum atomic E-state index is 0.613. The van der Waals surface area contributed by atoms with Gasteiger partial charge in [-0.1, -0.05) is 29.8 Å². The van der Waals surface area contributed by atoms with Crippen LogP contribution in [-0.2, 0) is 6.42 Å². The van der Waals surface area contributed by atoms with Crippen LogP contribution in [0.3, 0.4) is 0 Å². The number of benzene rings is 2. The maximum atomic E-state index is 11.0. The summed E-state index contributed by atoms with van der Waals surface area (Å²) in [6.07, 6.45) is 6.84. The number of carbonyl (C=O) groups excluding carboxylic acids is 1. The first-order valence-corrected chi connectivity index (χ1v) is 9.08. The molecule has 0 radical (unpaired) electrons. The molecular weight excluding hydrogens is 324 g/mol. The van der Waals surface area contributed by atoms with Gasteiger partial charge in [-0.2, -0.15) is 0 Å². The second kappa shape index (κ2) is 9.04. The summed E-state index contributed by atoms with van der Waals surface area (Å²) >= 11 is 0. The molecular formula is C23H24O3. The quantitative estimate of drug-likeness (QED) is 0.359. The molecule has 0 aliphatic rings. The Labute approximate surface area is 154 Å². The van der Waals surface area contributed by atoms with Gasteiger partial charge in [-0.05, 0) is 68.5 Å². The average Bonchev–Trinajstić information content (AvgIpc) is 3.19. The summed E-state index contributed by atoms with van der Waals surface area (Å²) in [7, 11) is 0. The zero-order valence-electron chi connectivity index (χ0n) is 15.1. The van der Waals surface area contributed by atoms with Gasteiger partial charge in [0.1, 0.15) is 17.8 Å². The van der Waals surface area contributed by atoms with E-state index in [0.29, 0.717) is 17.9 Å². The van der Waals surface area contributed by atoms with Crippen LogP contribution in [0.25, 0.3) is 11.3 Å². The Bertz CT molecular complexity index is 834. The van der Waals surface area contributed by atoms with E-state index in [4.69, 9.17) is 9.15 Å². The molecule has 2 aromatic carbocycles. The Balaban J connectivity index is 1.49. The van der Waals surface area contributed by atoms with Crippen molar-refractivity contribution in [1.29, 1.82) is 0 Å². The van der Waals surface area contributed by atoms with Crippen LogP contribution >= 0.6 is 0 Å². The molecule has 1 heterocycles. The lowest BCUT2D eigenvalue weighted by atomic mass is 10.1. The first-order chi connectivity index (χ1) is 12.8. The number of aldehydes is 1. The molecule has 0 amide bonds. The molecule has 3 nitrogen and oxygen atoms in total. The molecule has 0 N–H and O–H groups in total. The number of carbonyl (C=O) groups is 1. The van der Waals surface area contributed by atoms with Crippen LogP contribution in [0.1, 0.15) is 40.7 Å². The van der Waals surface area contributed by atoms with Gasteiger partial charge >= 0.3 is 0 Å². The predicted octanol–water partition coefficient (Wildman–Crippen LogP) is 5.86. The smallest absolute Gasteiger partial charge is 0.150 e. The molecule has 0 fully saturated rings. The molecule has 0 aliphatic carbocycles. The van der Waals surface area contributed by atoms with Gasteiger partial charge in [0.25, 0.3) is 0 Å². The van der Waals surface area contributed by atoms with Crippen molar-refractivity contribution in [2.75, 3.05) is 6.61 Å². The third-order valence-electron chi connectivity index (χ3n) is 4.38. The fourth-order valence-electron chi connectivity index (χ4n) is 3.03. The van der Waals surface area contributed by atoms with E-state index in [0.717, 1.165) is 43.3 Å². The van der Waals surface area contributed by atoms with Gasteiger partial charge in [0.15, 0.2) is 0 Å². The normalized spacial score (nSPS) is 10.7. The van der Waals surface area contributed by atoms with Crippen molar-refractivity contribution < 1.29 is 13.9 Å². The van der Waals surface area contributed by atoms with Crippen molar-refractivity contribution in [2.24, 2.45) is 0 Å². The maximum absolute atomic E-state index is 11.0. The fraction of sp³-hybridized carbons (Fsp3) is 0.261. The van der Waals surface area contributed by atoms with E-state index in [1.807, 2.05) is 18.2 Å². The van der Waals surface area contributed by atoms with E-state index in [9.17, 15) is 4.79 Å². The summed E-state index contributed by atoms with van der Waals surface area (Å²) in [4.78, 5) is 11.0. The highest BCUT2D eigenvalue weighted by molar-refractivity contribution is 5.80. The number of ether oxygens (including phenoxy) is 1. The van der Waals surface area contributed by atoms with Gasteiger partial charge in [-0.3, -0.25) is 4.79 Å². The van der Waals surface area contributed by atoms with E-state index in [1.54, 1.807) is 18.4 Å². The average molecular weight is 348 g/mol. The minimum Gasteiger partial charge on any atom is -0.493 e. The number of hydrogen-bond donors (Lipinski definition) is 0. The SMILES string of the molecule is Cc1cccc(CCCCCOc2ccc(C=O)cc2-c2ccco2)c1. The van der Waals surface area contributed by atoms with Crippen LogP contribution in [0, 0.1) is 6.92 Å². The Morgan fingerprint density at radius 1 is 1.00 bits per heavy atom. The van der Waals surface area contributed by atoms with Crippen LogP contribution in [0.4, 0.5) is 0 Å². The van der Waals surface area contributed by atoms with Crippen LogP contribution in [0.15, 0.2) is 65.3 Å². The Morgan fingerprint density at radius 2 is 1.92 bits per heavy atom. The monoisotopic (exact) mass is 348 g/mol. The Morgan fingerprint density at radius 3 is 2.69 bits per heavy atom. The topological polar surface area (TPSA) is 39.4 Å². The number of hydrogen-bond acceptors (Lipinski definition) is 3. The van der Waals surface area contributed by atoms with Gasteiger partial charge < -0.3 is 9.15 Å². The lowest BCUT2D eigenvalue weighted by Crippen LogP contribution is -2.00. The van der Waals surface area contributed by atoms with Crippen LogP contribution in [0.5, 0.6) is 5.75 Å². The Kier molecular flexibility index (Phi) is 6.26. The zero-order valence-corrected chi connectivity index (χ0v) is 15.1. The summed E-state index contributed by atoms with van der Waals surface area (Å²) < 4.78 is 11.4. The summed E-state index contributed by atoms with van der Waals surface area (Å²) in [5.41, 5.74) is 4.15.